The van der Waals surface area contributed by atoms with Gasteiger partial charge in [0, 0.05) is 15.2 Å². The standard InChI is InChI=1S/C16H9BrCl2N2O2/c17-9-4-6-11(7-5-9)20-14-13(19)15(22)21(16(14)23)12-3-1-2-10(18)8-12/h1-8,20H. The number of benzene rings is 2. The van der Waals surface area contributed by atoms with Gasteiger partial charge in [0.2, 0.25) is 0 Å². The summed E-state index contributed by atoms with van der Waals surface area (Å²) in [6.07, 6.45) is 0. The molecule has 2 aromatic carbocycles. The van der Waals surface area contributed by atoms with Crippen LogP contribution in [-0.4, -0.2) is 11.8 Å². The zero-order chi connectivity index (χ0) is 16.6. The number of halogens is 3. The average Bonchev–Trinajstić information content (AvgIpc) is 2.73. The van der Waals surface area contributed by atoms with Crippen LogP contribution in [0.25, 0.3) is 0 Å². The van der Waals surface area contributed by atoms with Crippen LogP contribution >= 0.6 is 39.1 Å². The molecule has 0 aromatic heterocycles. The van der Waals surface area contributed by atoms with Crippen LogP contribution in [0.15, 0.2) is 63.7 Å². The molecule has 2 aromatic rings. The Bertz CT molecular complexity index is 834. The van der Waals surface area contributed by atoms with E-state index in [1.54, 1.807) is 30.3 Å². The van der Waals surface area contributed by atoms with Crippen molar-refractivity contribution in [3.63, 3.8) is 0 Å². The predicted molar refractivity (Wildman–Crippen MR) is 94.6 cm³/mol. The predicted octanol–water partition coefficient (Wildman–Crippen LogP) is 4.54. The SMILES string of the molecule is O=C1C(Cl)=C(Nc2ccc(Br)cc2)C(=O)N1c1cccc(Cl)c1. The summed E-state index contributed by atoms with van der Waals surface area (Å²) >= 11 is 15.3. The molecule has 23 heavy (non-hydrogen) atoms. The van der Waals surface area contributed by atoms with Gasteiger partial charge in [-0.1, -0.05) is 45.2 Å². The third-order valence-electron chi connectivity index (χ3n) is 3.21. The van der Waals surface area contributed by atoms with E-state index >= 15 is 0 Å². The molecule has 0 bridgehead atoms. The van der Waals surface area contributed by atoms with E-state index in [2.05, 4.69) is 21.2 Å². The number of anilines is 2. The van der Waals surface area contributed by atoms with Crippen molar-refractivity contribution in [2.75, 3.05) is 10.2 Å². The van der Waals surface area contributed by atoms with Crippen LogP contribution in [0, 0.1) is 0 Å². The van der Waals surface area contributed by atoms with E-state index in [0.717, 1.165) is 9.37 Å². The summed E-state index contributed by atoms with van der Waals surface area (Å²) in [6, 6.07) is 13.6. The monoisotopic (exact) mass is 410 g/mol. The molecule has 0 aliphatic carbocycles. The van der Waals surface area contributed by atoms with E-state index in [9.17, 15) is 9.59 Å². The maximum absolute atomic E-state index is 12.6. The first-order chi connectivity index (χ1) is 11.0. The molecule has 2 amide bonds. The second-order valence-corrected chi connectivity index (χ2v) is 6.48. The van der Waals surface area contributed by atoms with Crippen molar-refractivity contribution in [1.82, 2.24) is 0 Å². The smallest absolute Gasteiger partial charge is 0.283 e. The minimum Gasteiger partial charge on any atom is -0.350 e. The van der Waals surface area contributed by atoms with E-state index in [0.29, 0.717) is 16.4 Å². The van der Waals surface area contributed by atoms with Crippen LogP contribution < -0.4 is 10.2 Å². The van der Waals surface area contributed by atoms with Crippen molar-refractivity contribution in [2.24, 2.45) is 0 Å². The second kappa shape index (κ2) is 6.35. The summed E-state index contributed by atoms with van der Waals surface area (Å²) in [5.74, 6) is -1.11. The van der Waals surface area contributed by atoms with Gasteiger partial charge in [-0.2, -0.15) is 0 Å². The van der Waals surface area contributed by atoms with Gasteiger partial charge in [-0.3, -0.25) is 9.59 Å². The summed E-state index contributed by atoms with van der Waals surface area (Å²) in [5, 5.41) is 3.16. The Morgan fingerprint density at radius 1 is 0.957 bits per heavy atom. The number of carbonyl (C=O) groups is 2. The van der Waals surface area contributed by atoms with E-state index in [1.165, 1.54) is 6.07 Å². The molecule has 1 heterocycles. The van der Waals surface area contributed by atoms with E-state index < -0.39 is 11.8 Å². The van der Waals surface area contributed by atoms with E-state index in [1.807, 2.05) is 12.1 Å². The molecule has 7 heteroatoms. The molecule has 116 valence electrons. The van der Waals surface area contributed by atoms with Gasteiger partial charge >= 0.3 is 0 Å². The lowest BCUT2D eigenvalue weighted by atomic mass is 10.3. The molecule has 0 atom stereocenters. The van der Waals surface area contributed by atoms with Crippen molar-refractivity contribution in [2.45, 2.75) is 0 Å². The van der Waals surface area contributed by atoms with Gasteiger partial charge in [-0.15, -0.1) is 0 Å². The van der Waals surface area contributed by atoms with Gasteiger partial charge in [-0.25, -0.2) is 4.90 Å². The molecule has 0 saturated carbocycles. The minimum absolute atomic E-state index is 0.0407. The van der Waals surface area contributed by atoms with Gasteiger partial charge < -0.3 is 5.32 Å². The van der Waals surface area contributed by atoms with Crippen molar-refractivity contribution in [1.29, 1.82) is 0 Å². The minimum atomic E-state index is -0.585. The maximum atomic E-state index is 12.6. The van der Waals surface area contributed by atoms with Gasteiger partial charge in [0.05, 0.1) is 5.69 Å². The Balaban J connectivity index is 1.91. The molecule has 0 spiro atoms. The summed E-state index contributed by atoms with van der Waals surface area (Å²) in [7, 11) is 0. The Morgan fingerprint density at radius 3 is 2.30 bits per heavy atom. The molecule has 0 fully saturated rings. The lowest BCUT2D eigenvalue weighted by Gasteiger charge is -2.15. The number of hydrogen-bond acceptors (Lipinski definition) is 3. The van der Waals surface area contributed by atoms with Gasteiger partial charge in [0.1, 0.15) is 10.7 Å². The van der Waals surface area contributed by atoms with Crippen LogP contribution in [0.2, 0.25) is 5.02 Å². The summed E-state index contributed by atoms with van der Waals surface area (Å²) < 4.78 is 0.900. The molecule has 0 unspecified atom stereocenters. The fourth-order valence-corrected chi connectivity index (χ4v) is 2.80. The Morgan fingerprint density at radius 2 is 1.65 bits per heavy atom. The molecular formula is C16H9BrCl2N2O2. The van der Waals surface area contributed by atoms with E-state index in [-0.39, 0.29) is 10.7 Å². The molecule has 0 saturated heterocycles. The molecule has 4 nitrogen and oxygen atoms in total. The third kappa shape index (κ3) is 3.13. The lowest BCUT2D eigenvalue weighted by Crippen LogP contribution is -2.32. The Hall–Kier alpha value is -1.82. The van der Waals surface area contributed by atoms with Crippen LogP contribution in [0.4, 0.5) is 11.4 Å². The first-order valence-corrected chi connectivity index (χ1v) is 8.09. The average molecular weight is 412 g/mol. The van der Waals surface area contributed by atoms with Gasteiger partial charge in [0.25, 0.3) is 11.8 Å². The second-order valence-electron chi connectivity index (χ2n) is 4.75. The van der Waals surface area contributed by atoms with E-state index in [4.69, 9.17) is 23.2 Å². The number of nitrogens with one attached hydrogen (secondary N) is 1. The molecule has 1 aliphatic heterocycles. The fourth-order valence-electron chi connectivity index (χ4n) is 2.14. The number of carbonyl (C=O) groups excluding carboxylic acids is 2. The number of amides is 2. The highest BCUT2D eigenvalue weighted by Gasteiger charge is 2.38. The molecule has 1 N–H and O–H groups in total. The van der Waals surface area contributed by atoms with Crippen molar-refractivity contribution in [3.8, 4) is 0 Å². The first-order valence-electron chi connectivity index (χ1n) is 6.54. The fraction of sp³-hybridized carbons (Fsp3) is 0. The first kappa shape index (κ1) is 16.1. The highest BCUT2D eigenvalue weighted by molar-refractivity contribution is 9.10. The Labute approximate surface area is 150 Å². The lowest BCUT2D eigenvalue weighted by molar-refractivity contribution is -0.120. The summed E-state index contributed by atoms with van der Waals surface area (Å²) in [6.45, 7) is 0. The highest BCUT2D eigenvalue weighted by Crippen LogP contribution is 2.31. The normalized spacial score (nSPS) is 14.7. The van der Waals surface area contributed by atoms with Crippen molar-refractivity contribution >= 4 is 62.3 Å². The van der Waals surface area contributed by atoms with Crippen molar-refractivity contribution in [3.05, 3.63) is 68.8 Å². The van der Waals surface area contributed by atoms with Crippen LogP contribution in [0.1, 0.15) is 0 Å². The number of rotatable bonds is 3. The third-order valence-corrected chi connectivity index (χ3v) is 4.32. The zero-order valence-corrected chi connectivity index (χ0v) is 14.6. The number of nitrogens with zero attached hydrogens (tertiary/aromatic N) is 1. The molecule has 1 aliphatic rings. The van der Waals surface area contributed by atoms with Crippen molar-refractivity contribution < 1.29 is 9.59 Å². The van der Waals surface area contributed by atoms with Crippen LogP contribution in [-0.2, 0) is 9.59 Å². The summed E-state index contributed by atoms with van der Waals surface area (Å²) in [5.41, 5.74) is 1.06. The maximum Gasteiger partial charge on any atom is 0.283 e. The van der Waals surface area contributed by atoms with Gasteiger partial charge in [0.15, 0.2) is 0 Å². The molecular weight excluding hydrogens is 403 g/mol. The highest BCUT2D eigenvalue weighted by atomic mass is 79.9. The van der Waals surface area contributed by atoms with Crippen LogP contribution in [0.5, 0.6) is 0 Å². The zero-order valence-electron chi connectivity index (χ0n) is 11.5. The number of imide groups is 1. The summed E-state index contributed by atoms with van der Waals surface area (Å²) in [4.78, 5) is 25.9. The Kier molecular flexibility index (Phi) is 4.43. The molecule has 3 rings (SSSR count). The molecule has 0 radical (unpaired) electrons. The van der Waals surface area contributed by atoms with Crippen LogP contribution in [0.3, 0.4) is 0 Å². The topological polar surface area (TPSA) is 49.4 Å². The quantitative estimate of drug-likeness (QED) is 0.754. The number of hydrogen-bond donors (Lipinski definition) is 1. The van der Waals surface area contributed by atoms with Gasteiger partial charge in [-0.05, 0) is 42.5 Å². The largest absolute Gasteiger partial charge is 0.350 e.